The van der Waals surface area contributed by atoms with Crippen LogP contribution in [-0.2, 0) is 9.53 Å². The van der Waals surface area contributed by atoms with Crippen LogP contribution in [0, 0.1) is 5.92 Å². The summed E-state index contributed by atoms with van der Waals surface area (Å²) in [5, 5.41) is 7.27. The molecule has 7 nitrogen and oxygen atoms in total. The number of benzene rings is 1. The smallest absolute Gasteiger partial charge is 0.407 e. The molecule has 1 saturated heterocycles. The molecular weight excluding hydrogens is 344 g/mol. The van der Waals surface area contributed by atoms with Gasteiger partial charge in [0.15, 0.2) is 0 Å². The predicted octanol–water partition coefficient (Wildman–Crippen LogP) is 2.31. The van der Waals surface area contributed by atoms with Gasteiger partial charge < -0.3 is 20.3 Å². The van der Waals surface area contributed by atoms with Gasteiger partial charge in [0.05, 0.1) is 25.0 Å². The van der Waals surface area contributed by atoms with Crippen LogP contribution in [0.3, 0.4) is 0 Å². The van der Waals surface area contributed by atoms with E-state index < -0.39 is 6.09 Å². The minimum atomic E-state index is -0.544. The number of hydrogen-bond acceptors (Lipinski definition) is 5. The molecule has 0 bridgehead atoms. The number of hydrogen-bond donors (Lipinski definition) is 2. The van der Waals surface area contributed by atoms with Crippen molar-refractivity contribution < 1.29 is 14.3 Å². The molecular formula is C20H26N4O3. The minimum Gasteiger partial charge on any atom is -0.450 e. The predicted molar refractivity (Wildman–Crippen MR) is 105 cm³/mol. The van der Waals surface area contributed by atoms with E-state index in [2.05, 4.69) is 38.7 Å². The van der Waals surface area contributed by atoms with E-state index in [1.807, 2.05) is 18.5 Å². The van der Waals surface area contributed by atoms with Crippen LogP contribution in [0.25, 0.3) is 10.8 Å². The van der Waals surface area contributed by atoms with E-state index in [1.165, 1.54) is 18.1 Å². The Morgan fingerprint density at radius 2 is 2.00 bits per heavy atom. The van der Waals surface area contributed by atoms with Crippen molar-refractivity contribution in [2.75, 3.05) is 38.2 Å². The van der Waals surface area contributed by atoms with Crippen LogP contribution in [0.2, 0.25) is 0 Å². The number of fused-ring (bicyclic) bond motifs is 1. The van der Waals surface area contributed by atoms with Crippen molar-refractivity contribution in [2.45, 2.75) is 19.3 Å². The Labute approximate surface area is 159 Å². The number of likely N-dealkylation sites (N-methyl/N-ethyl adjacent to an activating group) is 1. The largest absolute Gasteiger partial charge is 0.450 e. The molecule has 2 aromatic rings. The highest BCUT2D eigenvalue weighted by molar-refractivity contribution is 5.93. The lowest BCUT2D eigenvalue weighted by Gasteiger charge is -2.34. The third-order valence-corrected chi connectivity index (χ3v) is 5.03. The van der Waals surface area contributed by atoms with Crippen LogP contribution in [-0.4, -0.2) is 50.3 Å². The number of piperidine rings is 1. The van der Waals surface area contributed by atoms with E-state index in [4.69, 9.17) is 4.74 Å². The zero-order valence-electron chi connectivity index (χ0n) is 15.6. The van der Waals surface area contributed by atoms with E-state index in [0.29, 0.717) is 12.5 Å². The number of aromatic nitrogens is 1. The molecule has 0 spiro atoms. The number of carbonyl (C=O) groups excluding carboxylic acids is 2. The molecule has 0 atom stereocenters. The van der Waals surface area contributed by atoms with Crippen LogP contribution in [0.4, 0.5) is 10.5 Å². The number of nitrogens with one attached hydrogen (secondary N) is 2. The van der Waals surface area contributed by atoms with Crippen LogP contribution in [0.5, 0.6) is 0 Å². The summed E-state index contributed by atoms with van der Waals surface area (Å²) in [6.07, 6.45) is 6.27. The van der Waals surface area contributed by atoms with Crippen LogP contribution in [0.15, 0.2) is 36.7 Å². The first-order valence-electron chi connectivity index (χ1n) is 9.36. The highest BCUT2D eigenvalue weighted by Gasteiger charge is 2.21. The summed E-state index contributed by atoms with van der Waals surface area (Å²) in [6, 6.07) is 8.32. The number of anilines is 1. The molecule has 144 valence electrons. The summed E-state index contributed by atoms with van der Waals surface area (Å²) in [6.45, 7) is 2.26. The lowest BCUT2D eigenvalue weighted by Crippen LogP contribution is -2.36. The molecule has 0 radical (unpaired) electrons. The first-order valence-corrected chi connectivity index (χ1v) is 9.36. The van der Waals surface area contributed by atoms with E-state index >= 15 is 0 Å². The van der Waals surface area contributed by atoms with Gasteiger partial charge in [-0.05, 0) is 25.2 Å². The number of nitrogens with zero attached hydrogens (tertiary/aromatic N) is 2. The summed E-state index contributed by atoms with van der Waals surface area (Å²) in [7, 11) is 1.52. The Morgan fingerprint density at radius 1 is 1.22 bits per heavy atom. The molecule has 7 heteroatoms. The van der Waals surface area contributed by atoms with E-state index in [1.54, 1.807) is 0 Å². The number of alkyl carbamates (subject to hydrolysis) is 1. The third-order valence-electron chi connectivity index (χ3n) is 5.03. The number of rotatable bonds is 6. The summed E-state index contributed by atoms with van der Waals surface area (Å²) in [4.78, 5) is 29.4. The average molecular weight is 370 g/mol. The van der Waals surface area contributed by atoms with E-state index in [9.17, 15) is 9.59 Å². The third kappa shape index (κ3) is 5.09. The summed E-state index contributed by atoms with van der Waals surface area (Å²) < 4.78 is 5.16. The quantitative estimate of drug-likeness (QED) is 0.815. The molecule has 1 aliphatic heterocycles. The van der Waals surface area contributed by atoms with E-state index in [0.717, 1.165) is 37.7 Å². The SMILES string of the molecule is CNC(=O)CNC(=O)OCCC1CCN(c2cncc3ccccc23)CC1. The Morgan fingerprint density at radius 3 is 2.78 bits per heavy atom. The van der Waals surface area contributed by atoms with Gasteiger partial charge in [-0.2, -0.15) is 0 Å². The molecule has 1 aliphatic rings. The second-order valence-electron chi connectivity index (χ2n) is 6.76. The first-order chi connectivity index (χ1) is 13.2. The summed E-state index contributed by atoms with van der Waals surface area (Å²) in [5.74, 6) is 0.290. The fraction of sp³-hybridized carbons (Fsp3) is 0.450. The topological polar surface area (TPSA) is 83.6 Å². The molecule has 2 heterocycles. The van der Waals surface area contributed by atoms with Crippen molar-refractivity contribution >= 4 is 28.5 Å². The monoisotopic (exact) mass is 370 g/mol. The molecule has 1 aromatic carbocycles. The van der Waals surface area contributed by atoms with E-state index in [-0.39, 0.29) is 12.5 Å². The standard InChI is InChI=1S/C20H26N4O3/c1-21-19(25)14-23-20(26)27-11-8-15-6-9-24(10-7-15)18-13-22-12-16-4-2-3-5-17(16)18/h2-5,12-13,15H,6-11,14H2,1H3,(H,21,25)(H,23,26). The molecule has 3 rings (SSSR count). The molecule has 2 amide bonds. The molecule has 1 fully saturated rings. The maximum absolute atomic E-state index is 11.5. The van der Waals surface area contributed by atoms with Crippen molar-refractivity contribution in [3.8, 4) is 0 Å². The van der Waals surface area contributed by atoms with Crippen LogP contribution in [0.1, 0.15) is 19.3 Å². The maximum atomic E-state index is 11.5. The Bertz CT molecular complexity index is 782. The van der Waals surface area contributed by atoms with Crippen molar-refractivity contribution in [1.82, 2.24) is 15.6 Å². The highest BCUT2D eigenvalue weighted by atomic mass is 16.5. The Balaban J connectivity index is 1.43. The molecule has 2 N–H and O–H groups in total. The number of carbonyl (C=O) groups is 2. The molecule has 0 aliphatic carbocycles. The second kappa shape index (κ2) is 9.21. The fourth-order valence-electron chi connectivity index (χ4n) is 3.43. The van der Waals surface area contributed by atoms with Crippen molar-refractivity contribution in [2.24, 2.45) is 5.92 Å². The Kier molecular flexibility index (Phi) is 6.46. The lowest BCUT2D eigenvalue weighted by molar-refractivity contribution is -0.119. The van der Waals surface area contributed by atoms with Gasteiger partial charge in [0.25, 0.3) is 0 Å². The van der Waals surface area contributed by atoms with Crippen LogP contribution >= 0.6 is 0 Å². The van der Waals surface area contributed by atoms with Gasteiger partial charge in [0.2, 0.25) is 5.91 Å². The van der Waals surface area contributed by atoms with Gasteiger partial charge >= 0.3 is 6.09 Å². The normalized spacial score (nSPS) is 14.8. The van der Waals surface area contributed by atoms with Gasteiger partial charge in [-0.1, -0.05) is 24.3 Å². The van der Waals surface area contributed by atoms with Crippen molar-refractivity contribution in [1.29, 1.82) is 0 Å². The number of pyridine rings is 1. The molecule has 0 unspecified atom stereocenters. The van der Waals surface area contributed by atoms with Gasteiger partial charge in [0, 0.05) is 37.1 Å². The zero-order chi connectivity index (χ0) is 19.1. The second-order valence-corrected chi connectivity index (χ2v) is 6.76. The van der Waals surface area contributed by atoms with Crippen LogP contribution < -0.4 is 15.5 Å². The maximum Gasteiger partial charge on any atom is 0.407 e. The van der Waals surface area contributed by atoms with Crippen molar-refractivity contribution in [3.63, 3.8) is 0 Å². The fourth-order valence-corrected chi connectivity index (χ4v) is 3.43. The number of amides is 2. The van der Waals surface area contributed by atoms with Crippen molar-refractivity contribution in [3.05, 3.63) is 36.7 Å². The molecule has 1 aromatic heterocycles. The zero-order valence-corrected chi connectivity index (χ0v) is 15.6. The van der Waals surface area contributed by atoms with Gasteiger partial charge in [-0.3, -0.25) is 9.78 Å². The highest BCUT2D eigenvalue weighted by Crippen LogP contribution is 2.30. The van der Waals surface area contributed by atoms with Gasteiger partial charge in [-0.25, -0.2) is 4.79 Å². The summed E-state index contributed by atoms with van der Waals surface area (Å²) >= 11 is 0. The molecule has 0 saturated carbocycles. The minimum absolute atomic E-state index is 0.0627. The van der Waals surface area contributed by atoms with Gasteiger partial charge in [0.1, 0.15) is 0 Å². The average Bonchev–Trinajstić information content (AvgIpc) is 2.72. The summed E-state index contributed by atoms with van der Waals surface area (Å²) in [5.41, 5.74) is 1.19. The first kappa shape index (κ1) is 18.9. The van der Waals surface area contributed by atoms with Gasteiger partial charge in [-0.15, -0.1) is 0 Å². The Hall–Kier alpha value is -2.83. The molecule has 27 heavy (non-hydrogen) atoms. The lowest BCUT2D eigenvalue weighted by atomic mass is 9.93. The number of ether oxygens (including phenoxy) is 1.